The molecule has 0 aliphatic rings. The first-order valence-electron chi connectivity index (χ1n) is 5.74. The second kappa shape index (κ2) is 3.43. The number of fused-ring (bicyclic) bond motifs is 4. The van der Waals surface area contributed by atoms with Crippen molar-refractivity contribution >= 4 is 48.7 Å². The highest BCUT2D eigenvalue weighted by atomic mass is 32.1. The molecule has 0 atom stereocenters. The van der Waals surface area contributed by atoms with Crippen LogP contribution in [0, 0.1) is 0 Å². The van der Waals surface area contributed by atoms with E-state index in [4.69, 9.17) is 0 Å². The van der Waals surface area contributed by atoms with E-state index in [0.717, 1.165) is 22.8 Å². The molecule has 0 spiro atoms. The molecule has 2 aromatic carbocycles. The Morgan fingerprint density at radius 3 is 2.78 bits per heavy atom. The second-order valence-corrected chi connectivity index (χ2v) is 5.44. The van der Waals surface area contributed by atoms with Crippen LogP contribution >= 0.6 is 11.3 Å². The molecule has 0 amide bonds. The second-order valence-electron chi connectivity index (χ2n) is 4.35. The van der Waals surface area contributed by atoms with Crippen LogP contribution in [0.1, 0.15) is 10.4 Å². The summed E-state index contributed by atoms with van der Waals surface area (Å²) in [5, 5.41) is 3.49. The van der Waals surface area contributed by atoms with Crippen LogP contribution in [0.4, 0.5) is 0 Å². The third kappa shape index (κ3) is 1.19. The number of H-pyrrole nitrogens is 1. The van der Waals surface area contributed by atoms with E-state index in [2.05, 4.69) is 41.4 Å². The van der Waals surface area contributed by atoms with Crippen LogP contribution in [0.25, 0.3) is 31.1 Å². The van der Waals surface area contributed by atoms with E-state index >= 15 is 0 Å². The third-order valence-electron chi connectivity index (χ3n) is 3.34. The van der Waals surface area contributed by atoms with Crippen LogP contribution in [-0.4, -0.2) is 11.3 Å². The molecule has 0 radical (unpaired) electrons. The summed E-state index contributed by atoms with van der Waals surface area (Å²) in [7, 11) is 0. The average Bonchev–Trinajstić information content (AvgIpc) is 2.96. The highest BCUT2D eigenvalue weighted by Crippen LogP contribution is 2.36. The van der Waals surface area contributed by atoms with E-state index in [1.165, 1.54) is 20.2 Å². The van der Waals surface area contributed by atoms with Crippen molar-refractivity contribution in [1.29, 1.82) is 0 Å². The van der Waals surface area contributed by atoms with Gasteiger partial charge in [-0.25, -0.2) is 0 Å². The summed E-state index contributed by atoms with van der Waals surface area (Å²) < 4.78 is 2.54. The van der Waals surface area contributed by atoms with Crippen molar-refractivity contribution in [1.82, 2.24) is 4.98 Å². The third-order valence-corrected chi connectivity index (χ3v) is 4.47. The Kier molecular flexibility index (Phi) is 1.88. The SMILES string of the molecule is O=Cc1c[nH]c2cc3sc4ccccc4c3cc12. The number of carbonyl (C=O) groups is 1. The van der Waals surface area contributed by atoms with Gasteiger partial charge >= 0.3 is 0 Å². The fourth-order valence-electron chi connectivity index (χ4n) is 2.46. The molecule has 3 heteroatoms. The standard InChI is InChI=1S/C15H9NOS/c17-8-9-7-16-13-6-15-12(5-11(9)13)10-3-1-2-4-14(10)18-15/h1-8,16H. The van der Waals surface area contributed by atoms with Gasteiger partial charge < -0.3 is 4.98 Å². The zero-order valence-electron chi connectivity index (χ0n) is 9.44. The molecule has 4 rings (SSSR count). The molecule has 2 aromatic heterocycles. The molecule has 86 valence electrons. The van der Waals surface area contributed by atoms with Gasteiger partial charge in [-0.15, -0.1) is 11.3 Å². The number of hydrogen-bond acceptors (Lipinski definition) is 2. The maximum atomic E-state index is 11.0. The van der Waals surface area contributed by atoms with Crippen LogP contribution in [0.5, 0.6) is 0 Å². The van der Waals surface area contributed by atoms with E-state index in [-0.39, 0.29) is 0 Å². The number of aromatic amines is 1. The smallest absolute Gasteiger partial charge is 0.152 e. The van der Waals surface area contributed by atoms with Crippen molar-refractivity contribution in [2.45, 2.75) is 0 Å². The Bertz CT molecular complexity index is 901. The Labute approximate surface area is 107 Å². The molecule has 0 fully saturated rings. The van der Waals surface area contributed by atoms with Crippen LogP contribution in [0.3, 0.4) is 0 Å². The minimum absolute atomic E-state index is 0.724. The van der Waals surface area contributed by atoms with Crippen LogP contribution in [0.15, 0.2) is 42.6 Å². The van der Waals surface area contributed by atoms with Gasteiger partial charge in [0.15, 0.2) is 6.29 Å². The maximum absolute atomic E-state index is 11.0. The van der Waals surface area contributed by atoms with Gasteiger partial charge in [-0.3, -0.25) is 4.79 Å². The maximum Gasteiger partial charge on any atom is 0.152 e. The first-order chi connectivity index (χ1) is 8.86. The topological polar surface area (TPSA) is 32.9 Å². The van der Waals surface area contributed by atoms with Crippen molar-refractivity contribution in [3.05, 3.63) is 48.2 Å². The summed E-state index contributed by atoms with van der Waals surface area (Å²) in [6, 6.07) is 12.6. The summed E-state index contributed by atoms with van der Waals surface area (Å²) >= 11 is 1.79. The van der Waals surface area contributed by atoms with Crippen LogP contribution in [0.2, 0.25) is 0 Å². The number of rotatable bonds is 1. The number of carbonyl (C=O) groups excluding carboxylic acids is 1. The molecule has 0 unspecified atom stereocenters. The lowest BCUT2D eigenvalue weighted by atomic mass is 10.1. The molecule has 1 N–H and O–H groups in total. The molecular weight excluding hydrogens is 242 g/mol. The van der Waals surface area contributed by atoms with Gasteiger partial charge in [-0.1, -0.05) is 18.2 Å². The van der Waals surface area contributed by atoms with E-state index in [1.807, 2.05) is 0 Å². The van der Waals surface area contributed by atoms with E-state index in [1.54, 1.807) is 17.5 Å². The molecule has 0 saturated carbocycles. The molecule has 0 saturated heterocycles. The lowest BCUT2D eigenvalue weighted by Crippen LogP contribution is -1.74. The van der Waals surface area contributed by atoms with Crippen molar-refractivity contribution in [3.63, 3.8) is 0 Å². The largest absolute Gasteiger partial charge is 0.360 e. The van der Waals surface area contributed by atoms with E-state index in [9.17, 15) is 4.79 Å². The molecular formula is C15H9NOS. The van der Waals surface area contributed by atoms with E-state index < -0.39 is 0 Å². The van der Waals surface area contributed by atoms with Crippen molar-refractivity contribution in [2.75, 3.05) is 0 Å². The zero-order valence-corrected chi connectivity index (χ0v) is 10.3. The quantitative estimate of drug-likeness (QED) is 0.501. The van der Waals surface area contributed by atoms with Gasteiger partial charge in [0.1, 0.15) is 0 Å². The summed E-state index contributed by atoms with van der Waals surface area (Å²) in [6.07, 6.45) is 2.67. The fraction of sp³-hybridized carbons (Fsp3) is 0. The predicted molar refractivity (Wildman–Crippen MR) is 76.6 cm³/mol. The minimum atomic E-state index is 0.724. The first kappa shape index (κ1) is 9.85. The molecule has 0 bridgehead atoms. The molecule has 18 heavy (non-hydrogen) atoms. The Balaban J connectivity index is 2.25. The highest BCUT2D eigenvalue weighted by molar-refractivity contribution is 7.25. The number of aldehydes is 1. The molecule has 2 nitrogen and oxygen atoms in total. The number of nitrogens with one attached hydrogen (secondary N) is 1. The average molecular weight is 251 g/mol. The van der Waals surface area contributed by atoms with Gasteiger partial charge in [0.05, 0.1) is 0 Å². The van der Waals surface area contributed by atoms with Crippen molar-refractivity contribution in [2.24, 2.45) is 0 Å². The highest BCUT2D eigenvalue weighted by Gasteiger charge is 2.09. The van der Waals surface area contributed by atoms with E-state index in [0.29, 0.717) is 0 Å². The van der Waals surface area contributed by atoms with Gasteiger partial charge in [0, 0.05) is 42.8 Å². The summed E-state index contributed by atoms with van der Waals surface area (Å²) in [5.74, 6) is 0. The van der Waals surface area contributed by atoms with Crippen LogP contribution < -0.4 is 0 Å². The monoisotopic (exact) mass is 251 g/mol. The first-order valence-corrected chi connectivity index (χ1v) is 6.56. The Morgan fingerprint density at radius 2 is 1.89 bits per heavy atom. The Hall–Kier alpha value is -2.13. The van der Waals surface area contributed by atoms with Crippen molar-refractivity contribution in [3.8, 4) is 0 Å². The number of benzene rings is 2. The number of thiophene rings is 1. The van der Waals surface area contributed by atoms with Crippen LogP contribution in [-0.2, 0) is 0 Å². The molecule has 0 aliphatic heterocycles. The summed E-state index contributed by atoms with van der Waals surface area (Å²) in [6.45, 7) is 0. The van der Waals surface area contributed by atoms with Gasteiger partial charge in [0.25, 0.3) is 0 Å². The molecule has 0 aliphatic carbocycles. The number of hydrogen-bond donors (Lipinski definition) is 1. The normalized spacial score (nSPS) is 11.6. The Morgan fingerprint density at radius 1 is 1.00 bits per heavy atom. The predicted octanol–water partition coefficient (Wildman–Crippen LogP) is 4.35. The summed E-state index contributed by atoms with van der Waals surface area (Å²) in [5.41, 5.74) is 1.75. The number of aromatic nitrogens is 1. The lowest BCUT2D eigenvalue weighted by Gasteiger charge is -1.94. The lowest BCUT2D eigenvalue weighted by molar-refractivity contribution is 0.112. The summed E-state index contributed by atoms with van der Waals surface area (Å²) in [4.78, 5) is 14.2. The zero-order chi connectivity index (χ0) is 12.1. The molecule has 4 aromatic rings. The van der Waals surface area contributed by atoms with Gasteiger partial charge in [-0.2, -0.15) is 0 Å². The minimum Gasteiger partial charge on any atom is -0.360 e. The van der Waals surface area contributed by atoms with Gasteiger partial charge in [-0.05, 0) is 18.2 Å². The van der Waals surface area contributed by atoms with Crippen molar-refractivity contribution < 1.29 is 4.79 Å². The molecule has 2 heterocycles. The van der Waals surface area contributed by atoms with Gasteiger partial charge in [0.2, 0.25) is 0 Å². The fourth-order valence-corrected chi connectivity index (χ4v) is 3.59.